The monoisotopic (exact) mass is 386 g/mol. The highest BCUT2D eigenvalue weighted by atomic mass is 19.1. The average molecular weight is 386 g/mol. The fourth-order valence-electron chi connectivity index (χ4n) is 2.73. The van der Waals surface area contributed by atoms with Crippen molar-refractivity contribution < 1.29 is 23.8 Å². The number of unbranched alkanes of at least 4 members (excludes halogenated alkanes) is 1. The van der Waals surface area contributed by atoms with Crippen LogP contribution in [0, 0.1) is 5.82 Å². The number of hydrogen-bond donors (Lipinski definition) is 1. The van der Waals surface area contributed by atoms with Crippen LogP contribution in [0.5, 0.6) is 5.75 Å². The normalized spacial score (nSPS) is 10.6. The van der Waals surface area contributed by atoms with E-state index in [1.165, 1.54) is 6.07 Å². The van der Waals surface area contributed by atoms with Crippen molar-refractivity contribution in [3.63, 3.8) is 0 Å². The molecule has 1 N–H and O–H groups in total. The molecule has 150 valence electrons. The molecule has 0 aromatic heterocycles. The first-order valence-corrected chi connectivity index (χ1v) is 9.44. The summed E-state index contributed by atoms with van der Waals surface area (Å²) >= 11 is 0. The zero-order chi connectivity index (χ0) is 20.5. The summed E-state index contributed by atoms with van der Waals surface area (Å²) in [6.45, 7) is 7.78. The Morgan fingerprint density at radius 1 is 1.14 bits per heavy atom. The van der Waals surface area contributed by atoms with Crippen molar-refractivity contribution in [1.82, 2.24) is 0 Å². The molecule has 2 aromatic rings. The molecule has 0 unspecified atom stereocenters. The number of hydrogen-bond acceptors (Lipinski definition) is 4. The van der Waals surface area contributed by atoms with Crippen LogP contribution < -0.4 is 4.74 Å². The molecule has 0 amide bonds. The van der Waals surface area contributed by atoms with Gasteiger partial charge in [0.1, 0.15) is 11.6 Å². The molecule has 0 aliphatic rings. The largest absolute Gasteiger partial charge is 0.493 e. The fraction of sp³-hybridized carbons (Fsp3) is 0.348. The first-order valence-electron chi connectivity index (χ1n) is 9.44. The molecule has 0 radical (unpaired) electrons. The van der Waals surface area contributed by atoms with E-state index in [0.29, 0.717) is 41.0 Å². The van der Waals surface area contributed by atoms with E-state index in [1.54, 1.807) is 37.3 Å². The van der Waals surface area contributed by atoms with Crippen molar-refractivity contribution >= 4 is 5.97 Å². The molecule has 4 nitrogen and oxygen atoms in total. The quantitative estimate of drug-likeness (QED) is 0.361. The van der Waals surface area contributed by atoms with Gasteiger partial charge in [-0.05, 0) is 42.2 Å². The van der Waals surface area contributed by atoms with Crippen molar-refractivity contribution in [2.75, 3.05) is 13.2 Å². The summed E-state index contributed by atoms with van der Waals surface area (Å²) in [6, 6.07) is 10.2. The van der Waals surface area contributed by atoms with E-state index in [0.717, 1.165) is 18.4 Å². The van der Waals surface area contributed by atoms with E-state index in [2.05, 4.69) is 13.5 Å². The summed E-state index contributed by atoms with van der Waals surface area (Å²) in [5.74, 6) is -0.343. The third kappa shape index (κ3) is 5.92. The molecule has 0 saturated heterocycles. The fourth-order valence-corrected chi connectivity index (χ4v) is 2.73. The third-order valence-electron chi connectivity index (χ3n) is 4.30. The number of ether oxygens (including phenoxy) is 2. The summed E-state index contributed by atoms with van der Waals surface area (Å²) in [5, 5.41) is 9.42. The third-order valence-corrected chi connectivity index (χ3v) is 4.30. The molecule has 0 heterocycles. The van der Waals surface area contributed by atoms with E-state index in [9.17, 15) is 14.3 Å². The zero-order valence-corrected chi connectivity index (χ0v) is 16.5. The Balaban J connectivity index is 2.23. The van der Waals surface area contributed by atoms with Gasteiger partial charge < -0.3 is 14.6 Å². The summed E-state index contributed by atoms with van der Waals surface area (Å²) in [5.41, 5.74) is 2.97. The first-order chi connectivity index (χ1) is 13.5. The Hall–Kier alpha value is -2.66. The van der Waals surface area contributed by atoms with Gasteiger partial charge >= 0.3 is 5.97 Å². The van der Waals surface area contributed by atoms with Crippen LogP contribution in [0.3, 0.4) is 0 Å². The Morgan fingerprint density at radius 2 is 1.89 bits per heavy atom. The van der Waals surface area contributed by atoms with E-state index in [4.69, 9.17) is 9.47 Å². The van der Waals surface area contributed by atoms with Gasteiger partial charge in [0.15, 0.2) is 0 Å². The molecular weight excluding hydrogens is 359 g/mol. The van der Waals surface area contributed by atoms with Crippen LogP contribution in [-0.4, -0.2) is 24.3 Å². The standard InChI is InChI=1S/C23H27FO4/c1-4-5-11-27-19-7-9-21(22(24)14-19)20-8-6-17(15-25)13-18(20)10-12-28-23(26)16(2)3/h6-9,13-14,25H,2,4-5,10-12,15H2,1,3H3. The molecule has 0 aliphatic heterocycles. The van der Waals surface area contributed by atoms with Gasteiger partial charge in [-0.15, -0.1) is 0 Å². The second-order valence-corrected chi connectivity index (χ2v) is 6.66. The Labute approximate surface area is 165 Å². The summed E-state index contributed by atoms with van der Waals surface area (Å²) in [7, 11) is 0. The molecule has 0 aliphatic carbocycles. The van der Waals surface area contributed by atoms with Gasteiger partial charge in [-0.3, -0.25) is 0 Å². The van der Waals surface area contributed by atoms with Crippen molar-refractivity contribution in [1.29, 1.82) is 0 Å². The Kier molecular flexibility index (Phi) is 8.20. The zero-order valence-electron chi connectivity index (χ0n) is 16.5. The maximum atomic E-state index is 14.7. The molecule has 0 saturated carbocycles. The van der Waals surface area contributed by atoms with Gasteiger partial charge in [0.05, 0.1) is 19.8 Å². The molecular formula is C23H27FO4. The van der Waals surface area contributed by atoms with Crippen LogP contribution in [0.2, 0.25) is 0 Å². The predicted octanol–water partition coefficient (Wildman–Crippen LogP) is 4.83. The highest BCUT2D eigenvalue weighted by Crippen LogP contribution is 2.30. The topological polar surface area (TPSA) is 55.8 Å². The smallest absolute Gasteiger partial charge is 0.333 e. The number of carbonyl (C=O) groups is 1. The lowest BCUT2D eigenvalue weighted by Gasteiger charge is -2.14. The highest BCUT2D eigenvalue weighted by molar-refractivity contribution is 5.86. The summed E-state index contributed by atoms with van der Waals surface area (Å²) in [6.07, 6.45) is 2.33. The van der Waals surface area contributed by atoms with E-state index in [1.807, 2.05) is 0 Å². The summed E-state index contributed by atoms with van der Waals surface area (Å²) < 4.78 is 25.5. The van der Waals surface area contributed by atoms with Crippen molar-refractivity contribution in [2.45, 2.75) is 39.7 Å². The van der Waals surface area contributed by atoms with E-state index < -0.39 is 5.97 Å². The van der Waals surface area contributed by atoms with Gasteiger partial charge in [0.25, 0.3) is 0 Å². The predicted molar refractivity (Wildman–Crippen MR) is 108 cm³/mol. The van der Waals surface area contributed by atoms with Crippen LogP contribution in [0.1, 0.15) is 37.8 Å². The van der Waals surface area contributed by atoms with Crippen molar-refractivity contribution in [2.24, 2.45) is 0 Å². The van der Waals surface area contributed by atoms with Crippen LogP contribution in [0.4, 0.5) is 4.39 Å². The number of carbonyl (C=O) groups excluding carboxylic acids is 1. The molecule has 0 atom stereocenters. The van der Waals surface area contributed by atoms with Crippen LogP contribution >= 0.6 is 0 Å². The Morgan fingerprint density at radius 3 is 2.54 bits per heavy atom. The van der Waals surface area contributed by atoms with Crippen molar-refractivity contribution in [3.05, 3.63) is 65.5 Å². The minimum atomic E-state index is -0.459. The SMILES string of the molecule is C=C(C)C(=O)OCCc1cc(CO)ccc1-c1ccc(OCCCC)cc1F. The second kappa shape index (κ2) is 10.6. The lowest BCUT2D eigenvalue weighted by atomic mass is 9.95. The van der Waals surface area contributed by atoms with Gasteiger partial charge in [-0.1, -0.05) is 38.1 Å². The van der Waals surface area contributed by atoms with Crippen LogP contribution in [-0.2, 0) is 22.6 Å². The van der Waals surface area contributed by atoms with Crippen molar-refractivity contribution in [3.8, 4) is 16.9 Å². The molecule has 5 heteroatoms. The molecule has 0 bridgehead atoms. The molecule has 2 rings (SSSR count). The van der Waals surface area contributed by atoms with E-state index >= 15 is 0 Å². The maximum absolute atomic E-state index is 14.7. The summed E-state index contributed by atoms with van der Waals surface area (Å²) in [4.78, 5) is 11.6. The number of rotatable bonds is 10. The lowest BCUT2D eigenvalue weighted by Crippen LogP contribution is -2.09. The van der Waals surface area contributed by atoms with Gasteiger partial charge in [-0.25, -0.2) is 9.18 Å². The number of benzene rings is 2. The maximum Gasteiger partial charge on any atom is 0.333 e. The average Bonchev–Trinajstić information content (AvgIpc) is 2.68. The van der Waals surface area contributed by atoms with Gasteiger partial charge in [-0.2, -0.15) is 0 Å². The minimum absolute atomic E-state index is 0.120. The Bertz CT molecular complexity index is 829. The number of esters is 1. The minimum Gasteiger partial charge on any atom is -0.493 e. The van der Waals surface area contributed by atoms with Gasteiger partial charge in [0.2, 0.25) is 0 Å². The molecule has 28 heavy (non-hydrogen) atoms. The second-order valence-electron chi connectivity index (χ2n) is 6.66. The number of aliphatic hydroxyl groups excluding tert-OH is 1. The molecule has 0 fully saturated rings. The van der Waals surface area contributed by atoms with E-state index in [-0.39, 0.29) is 19.0 Å². The first kappa shape index (κ1) is 21.6. The highest BCUT2D eigenvalue weighted by Gasteiger charge is 2.13. The van der Waals surface area contributed by atoms with Gasteiger partial charge in [0, 0.05) is 23.6 Å². The number of aliphatic hydroxyl groups is 1. The van der Waals surface area contributed by atoms with Crippen LogP contribution in [0.25, 0.3) is 11.1 Å². The molecule has 2 aromatic carbocycles. The number of halogens is 1. The molecule has 0 spiro atoms. The lowest BCUT2D eigenvalue weighted by molar-refractivity contribution is -0.138. The van der Waals surface area contributed by atoms with Crippen LogP contribution in [0.15, 0.2) is 48.6 Å².